The van der Waals surface area contributed by atoms with Gasteiger partial charge < -0.3 is 4.42 Å². The fourth-order valence-corrected chi connectivity index (χ4v) is 5.59. The summed E-state index contributed by atoms with van der Waals surface area (Å²) in [5.74, 6) is 0. The van der Waals surface area contributed by atoms with Crippen molar-refractivity contribution >= 4 is 49.3 Å². The first kappa shape index (κ1) is 19.4. The fraction of sp³-hybridized carbons (Fsp3) is 0. The lowest BCUT2D eigenvalue weighted by atomic mass is 9.96. The topological polar surface area (TPSA) is 30.4 Å². The van der Waals surface area contributed by atoms with Gasteiger partial charge in [-0.3, -0.25) is 4.40 Å². The van der Waals surface area contributed by atoms with Crippen molar-refractivity contribution in [1.82, 2.24) is 9.38 Å². The van der Waals surface area contributed by atoms with E-state index in [4.69, 9.17) is 4.42 Å². The highest BCUT2D eigenvalue weighted by molar-refractivity contribution is 6.13. The van der Waals surface area contributed by atoms with Crippen LogP contribution in [0.3, 0.4) is 0 Å². The van der Waals surface area contributed by atoms with E-state index in [-0.39, 0.29) is 0 Å². The molecule has 3 heteroatoms. The first-order valence-electron chi connectivity index (χ1n) is 12.1. The van der Waals surface area contributed by atoms with E-state index in [9.17, 15) is 0 Å². The third-order valence-corrected chi connectivity index (χ3v) is 7.27. The monoisotopic (exact) mass is 460 g/mol. The van der Waals surface area contributed by atoms with Gasteiger partial charge in [0.05, 0.1) is 5.52 Å². The Bertz CT molecular complexity index is 2110. The summed E-state index contributed by atoms with van der Waals surface area (Å²) in [5.41, 5.74) is 8.62. The minimum atomic E-state index is 0.920. The number of imidazole rings is 1. The molecule has 3 aromatic heterocycles. The summed E-state index contributed by atoms with van der Waals surface area (Å²) in [6.07, 6.45) is 3.91. The van der Waals surface area contributed by atoms with E-state index in [1.807, 2.05) is 24.5 Å². The minimum Gasteiger partial charge on any atom is -0.455 e. The van der Waals surface area contributed by atoms with Crippen LogP contribution in [0.4, 0.5) is 0 Å². The summed E-state index contributed by atoms with van der Waals surface area (Å²) in [6, 6.07) is 38.6. The Labute approximate surface area is 206 Å². The largest absolute Gasteiger partial charge is 0.455 e. The quantitative estimate of drug-likeness (QED) is 0.241. The third-order valence-electron chi connectivity index (χ3n) is 7.27. The molecule has 0 N–H and O–H groups in total. The van der Waals surface area contributed by atoms with Crippen LogP contribution in [0.15, 0.2) is 126 Å². The van der Waals surface area contributed by atoms with Crippen LogP contribution < -0.4 is 0 Å². The molecule has 36 heavy (non-hydrogen) atoms. The Kier molecular flexibility index (Phi) is 3.94. The van der Waals surface area contributed by atoms with Gasteiger partial charge in [0.15, 0.2) is 0 Å². The molecule has 0 atom stereocenters. The van der Waals surface area contributed by atoms with Gasteiger partial charge in [-0.15, -0.1) is 0 Å². The van der Waals surface area contributed by atoms with E-state index in [2.05, 4.69) is 106 Å². The number of furan rings is 1. The number of fused-ring (bicyclic) bond motifs is 9. The standard InChI is InChI=1S/C33H20N2O/c1-2-11-28-25(9-1)29-20-22(15-16-30(29)35-18-17-34-33(28)35)21-7-5-8-23(19-21)24-12-6-13-27-26-10-3-4-14-31(26)36-32(24)27/h1-20H. The zero-order chi connectivity index (χ0) is 23.6. The predicted octanol–water partition coefficient (Wildman–Crippen LogP) is 8.87. The average Bonchev–Trinajstić information content (AvgIpc) is 3.58. The second-order valence-electron chi connectivity index (χ2n) is 9.26. The van der Waals surface area contributed by atoms with E-state index in [1.165, 1.54) is 21.9 Å². The zero-order valence-corrected chi connectivity index (χ0v) is 19.3. The minimum absolute atomic E-state index is 0.920. The van der Waals surface area contributed by atoms with Gasteiger partial charge in [0.2, 0.25) is 0 Å². The van der Waals surface area contributed by atoms with Crippen molar-refractivity contribution < 1.29 is 4.42 Å². The number of benzene rings is 5. The lowest BCUT2D eigenvalue weighted by Gasteiger charge is -2.11. The molecule has 0 aliphatic heterocycles. The molecular weight excluding hydrogens is 440 g/mol. The van der Waals surface area contributed by atoms with Gasteiger partial charge in [-0.05, 0) is 46.3 Å². The van der Waals surface area contributed by atoms with Gasteiger partial charge in [-0.25, -0.2) is 4.98 Å². The Balaban J connectivity index is 1.34. The molecule has 3 nitrogen and oxygen atoms in total. The van der Waals surface area contributed by atoms with E-state index in [0.29, 0.717) is 0 Å². The Morgan fingerprint density at radius 3 is 2.25 bits per heavy atom. The number of hydrogen-bond acceptors (Lipinski definition) is 2. The van der Waals surface area contributed by atoms with Crippen LogP contribution in [0.1, 0.15) is 0 Å². The van der Waals surface area contributed by atoms with Crippen molar-refractivity contribution in [3.8, 4) is 22.3 Å². The maximum atomic E-state index is 6.31. The second-order valence-corrected chi connectivity index (χ2v) is 9.26. The van der Waals surface area contributed by atoms with Crippen molar-refractivity contribution in [2.75, 3.05) is 0 Å². The molecule has 0 radical (unpaired) electrons. The SMILES string of the molecule is c1cc(-c2ccc3c(c2)c2ccccc2c2nccn32)cc(-c2cccc3c2oc2ccccc23)c1. The molecule has 0 unspecified atom stereocenters. The van der Waals surface area contributed by atoms with Crippen LogP contribution in [-0.2, 0) is 0 Å². The third kappa shape index (κ3) is 2.71. The maximum Gasteiger partial charge on any atom is 0.145 e. The maximum absolute atomic E-state index is 6.31. The van der Waals surface area contributed by atoms with Gasteiger partial charge in [0, 0.05) is 39.5 Å². The van der Waals surface area contributed by atoms with E-state index < -0.39 is 0 Å². The molecule has 0 aliphatic carbocycles. The summed E-state index contributed by atoms with van der Waals surface area (Å²) in [5, 5.41) is 5.90. The Morgan fingerprint density at radius 2 is 1.31 bits per heavy atom. The molecule has 0 aliphatic rings. The molecule has 8 aromatic rings. The number of hydrogen-bond donors (Lipinski definition) is 0. The molecule has 0 saturated carbocycles. The molecule has 168 valence electrons. The van der Waals surface area contributed by atoms with Gasteiger partial charge in [-0.1, -0.05) is 84.9 Å². The van der Waals surface area contributed by atoms with Gasteiger partial charge in [-0.2, -0.15) is 0 Å². The molecule has 0 bridgehead atoms. The van der Waals surface area contributed by atoms with Crippen LogP contribution in [-0.4, -0.2) is 9.38 Å². The van der Waals surface area contributed by atoms with Crippen molar-refractivity contribution in [2.45, 2.75) is 0 Å². The predicted molar refractivity (Wildman–Crippen MR) is 148 cm³/mol. The molecule has 8 rings (SSSR count). The summed E-state index contributed by atoms with van der Waals surface area (Å²) in [4.78, 5) is 4.62. The van der Waals surface area contributed by atoms with E-state index in [0.717, 1.165) is 49.6 Å². The smallest absolute Gasteiger partial charge is 0.145 e. The zero-order valence-electron chi connectivity index (χ0n) is 19.3. The normalized spacial score (nSPS) is 11.9. The van der Waals surface area contributed by atoms with Crippen molar-refractivity contribution in [3.05, 3.63) is 122 Å². The summed E-state index contributed by atoms with van der Waals surface area (Å²) in [6.45, 7) is 0. The van der Waals surface area contributed by atoms with Crippen molar-refractivity contribution in [1.29, 1.82) is 0 Å². The highest BCUT2D eigenvalue weighted by Crippen LogP contribution is 2.38. The lowest BCUT2D eigenvalue weighted by molar-refractivity contribution is 0.670. The Hall–Kier alpha value is -4.89. The fourth-order valence-electron chi connectivity index (χ4n) is 5.59. The molecule has 0 saturated heterocycles. The molecule has 0 amide bonds. The summed E-state index contributed by atoms with van der Waals surface area (Å²) >= 11 is 0. The van der Waals surface area contributed by atoms with Crippen LogP contribution in [0.2, 0.25) is 0 Å². The van der Waals surface area contributed by atoms with Crippen LogP contribution >= 0.6 is 0 Å². The second kappa shape index (κ2) is 7.30. The number of pyridine rings is 1. The summed E-state index contributed by atoms with van der Waals surface area (Å²) < 4.78 is 8.49. The first-order valence-corrected chi connectivity index (χ1v) is 12.1. The number of rotatable bonds is 2. The number of nitrogens with zero attached hydrogens (tertiary/aromatic N) is 2. The summed E-state index contributed by atoms with van der Waals surface area (Å²) in [7, 11) is 0. The first-order chi connectivity index (χ1) is 17.8. The Morgan fingerprint density at radius 1 is 0.556 bits per heavy atom. The van der Waals surface area contributed by atoms with E-state index in [1.54, 1.807) is 0 Å². The molecular formula is C33H20N2O. The van der Waals surface area contributed by atoms with Gasteiger partial charge in [0.25, 0.3) is 0 Å². The highest BCUT2D eigenvalue weighted by Gasteiger charge is 2.13. The number of para-hydroxylation sites is 2. The molecule has 0 spiro atoms. The van der Waals surface area contributed by atoms with E-state index >= 15 is 0 Å². The molecule has 5 aromatic carbocycles. The number of aromatic nitrogens is 2. The van der Waals surface area contributed by atoms with Gasteiger partial charge in [0.1, 0.15) is 16.8 Å². The molecule has 0 fully saturated rings. The highest BCUT2D eigenvalue weighted by atomic mass is 16.3. The van der Waals surface area contributed by atoms with Crippen LogP contribution in [0, 0.1) is 0 Å². The van der Waals surface area contributed by atoms with Crippen molar-refractivity contribution in [2.24, 2.45) is 0 Å². The lowest BCUT2D eigenvalue weighted by Crippen LogP contribution is -1.91. The van der Waals surface area contributed by atoms with Crippen LogP contribution in [0.5, 0.6) is 0 Å². The molecule has 3 heterocycles. The van der Waals surface area contributed by atoms with Crippen LogP contribution in [0.25, 0.3) is 71.5 Å². The van der Waals surface area contributed by atoms with Crippen molar-refractivity contribution in [3.63, 3.8) is 0 Å². The van der Waals surface area contributed by atoms with Gasteiger partial charge >= 0.3 is 0 Å². The average molecular weight is 461 g/mol.